The van der Waals surface area contributed by atoms with Crippen molar-refractivity contribution in [3.8, 4) is 0 Å². The number of hydrogen-bond acceptors (Lipinski definition) is 3. The molecule has 0 amide bonds. The number of carbonyl (C=O) groups excluding carboxylic acids is 1. The fourth-order valence-corrected chi connectivity index (χ4v) is 3.46. The van der Waals surface area contributed by atoms with Crippen LogP contribution in [0.5, 0.6) is 0 Å². The molecule has 3 nitrogen and oxygen atoms in total. The average Bonchev–Trinajstić information content (AvgIpc) is 3.02. The highest BCUT2D eigenvalue weighted by Gasteiger charge is 2.21. The zero-order valence-electron chi connectivity index (χ0n) is 11.3. The monoisotopic (exact) mass is 322 g/mol. The van der Waals surface area contributed by atoms with E-state index < -0.39 is 0 Å². The molecule has 2 aromatic heterocycles. The van der Waals surface area contributed by atoms with Crippen LogP contribution in [0.15, 0.2) is 30.5 Å². The fraction of sp³-hybridized carbons (Fsp3) is 0.200. The number of thiophene rings is 1. The number of ketones is 1. The van der Waals surface area contributed by atoms with Gasteiger partial charge in [-0.15, -0.1) is 11.3 Å². The van der Waals surface area contributed by atoms with Crippen LogP contribution >= 0.6 is 22.9 Å². The molecule has 0 unspecified atom stereocenters. The lowest BCUT2D eigenvalue weighted by atomic mass is 10.2. The Balaban J connectivity index is 2.06. The zero-order chi connectivity index (χ0) is 15.0. The Morgan fingerprint density at radius 3 is 3.00 bits per heavy atom. The van der Waals surface area contributed by atoms with E-state index in [0.29, 0.717) is 22.1 Å². The van der Waals surface area contributed by atoms with E-state index in [2.05, 4.69) is 5.10 Å². The maximum Gasteiger partial charge on any atom is 0.222 e. The van der Waals surface area contributed by atoms with Gasteiger partial charge in [-0.1, -0.05) is 24.6 Å². The summed E-state index contributed by atoms with van der Waals surface area (Å²) in [5, 5.41) is 5.32. The number of halogens is 2. The second-order valence-corrected chi connectivity index (χ2v) is 6.18. The quantitative estimate of drug-likeness (QED) is 0.661. The number of hydrogen-bond donors (Lipinski definition) is 0. The van der Waals surface area contributed by atoms with Gasteiger partial charge in [0.15, 0.2) is 0 Å². The van der Waals surface area contributed by atoms with Crippen LogP contribution < -0.4 is 0 Å². The van der Waals surface area contributed by atoms with Crippen LogP contribution in [0.3, 0.4) is 0 Å². The Morgan fingerprint density at radius 1 is 1.43 bits per heavy atom. The van der Waals surface area contributed by atoms with Crippen molar-refractivity contribution in [3.63, 3.8) is 0 Å². The maximum absolute atomic E-state index is 13.2. The van der Waals surface area contributed by atoms with E-state index in [0.717, 1.165) is 16.5 Å². The van der Waals surface area contributed by atoms with Gasteiger partial charge in [-0.05, 0) is 30.0 Å². The Labute approximate surface area is 130 Å². The van der Waals surface area contributed by atoms with Gasteiger partial charge in [0.1, 0.15) is 11.5 Å². The van der Waals surface area contributed by atoms with E-state index in [4.69, 9.17) is 11.6 Å². The first-order valence-electron chi connectivity index (χ1n) is 6.55. The number of benzene rings is 1. The molecule has 0 saturated heterocycles. The van der Waals surface area contributed by atoms with Crippen LogP contribution in [0.25, 0.3) is 10.1 Å². The molecule has 0 fully saturated rings. The van der Waals surface area contributed by atoms with Gasteiger partial charge in [0.2, 0.25) is 5.78 Å². The number of fused-ring (bicyclic) bond motifs is 1. The summed E-state index contributed by atoms with van der Waals surface area (Å²) >= 11 is 7.35. The van der Waals surface area contributed by atoms with Gasteiger partial charge >= 0.3 is 0 Å². The third-order valence-corrected chi connectivity index (χ3v) is 4.52. The second kappa shape index (κ2) is 5.58. The Bertz CT molecular complexity index is 824. The van der Waals surface area contributed by atoms with Crippen molar-refractivity contribution >= 4 is 38.8 Å². The van der Waals surface area contributed by atoms with E-state index in [9.17, 15) is 9.18 Å². The molecule has 2 heterocycles. The van der Waals surface area contributed by atoms with Crippen molar-refractivity contribution < 1.29 is 9.18 Å². The second-order valence-electron chi connectivity index (χ2n) is 4.69. The number of aromatic nitrogens is 2. The zero-order valence-corrected chi connectivity index (χ0v) is 12.8. The molecule has 0 radical (unpaired) electrons. The minimum Gasteiger partial charge on any atom is -0.286 e. The van der Waals surface area contributed by atoms with Crippen molar-refractivity contribution in [1.29, 1.82) is 0 Å². The van der Waals surface area contributed by atoms with E-state index >= 15 is 0 Å². The molecule has 3 aromatic rings. The number of rotatable bonds is 4. The lowest BCUT2D eigenvalue weighted by molar-refractivity contribution is 0.103. The van der Waals surface area contributed by atoms with Crippen molar-refractivity contribution in [2.45, 2.75) is 19.9 Å². The van der Waals surface area contributed by atoms with Crippen LogP contribution in [0.4, 0.5) is 4.39 Å². The minimum absolute atomic E-state index is 0.174. The Hall–Kier alpha value is -1.72. The van der Waals surface area contributed by atoms with Crippen molar-refractivity contribution in [2.24, 2.45) is 0 Å². The van der Waals surface area contributed by atoms with Crippen LogP contribution in [0.1, 0.15) is 28.7 Å². The first-order chi connectivity index (χ1) is 10.1. The van der Waals surface area contributed by atoms with Gasteiger partial charge in [0.25, 0.3) is 0 Å². The summed E-state index contributed by atoms with van der Waals surface area (Å²) in [6.07, 6.45) is 2.34. The number of nitrogens with zero attached hydrogens (tertiary/aromatic N) is 2. The molecule has 0 saturated carbocycles. The van der Waals surface area contributed by atoms with Crippen molar-refractivity contribution in [2.75, 3.05) is 0 Å². The predicted octanol–water partition coefficient (Wildman–Crippen LogP) is 4.53. The highest BCUT2D eigenvalue weighted by atomic mass is 35.5. The fourth-order valence-electron chi connectivity index (χ4n) is 2.20. The molecular formula is C15H12ClFN2OS. The normalized spacial score (nSPS) is 11.2. The lowest BCUT2D eigenvalue weighted by Gasteiger charge is -2.04. The molecule has 0 aliphatic carbocycles. The van der Waals surface area contributed by atoms with Gasteiger partial charge in [-0.25, -0.2) is 4.39 Å². The summed E-state index contributed by atoms with van der Waals surface area (Å²) < 4.78 is 15.6. The van der Waals surface area contributed by atoms with Crippen molar-refractivity contribution in [3.05, 3.63) is 51.9 Å². The summed E-state index contributed by atoms with van der Waals surface area (Å²) in [6.45, 7) is 2.64. The molecule has 3 rings (SSSR count). The van der Waals surface area contributed by atoms with Gasteiger partial charge in [-0.3, -0.25) is 9.48 Å². The summed E-state index contributed by atoms with van der Waals surface area (Å²) in [5.74, 6) is -0.482. The van der Waals surface area contributed by atoms with Gasteiger partial charge in [0.05, 0.1) is 16.1 Å². The number of aryl methyl sites for hydroxylation is 1. The highest BCUT2D eigenvalue weighted by Crippen LogP contribution is 2.29. The van der Waals surface area contributed by atoms with Crippen LogP contribution in [-0.2, 0) is 6.54 Å². The molecule has 0 N–H and O–H groups in total. The summed E-state index contributed by atoms with van der Waals surface area (Å²) in [6, 6.07) is 6.25. The largest absolute Gasteiger partial charge is 0.286 e. The van der Waals surface area contributed by atoms with Crippen LogP contribution in [0.2, 0.25) is 5.02 Å². The van der Waals surface area contributed by atoms with Gasteiger partial charge < -0.3 is 0 Å². The standard InChI is InChI=1S/C15H12ClFN2OS/c1-2-5-19-14(11(16)8-18-19)15(20)13-6-9-3-4-10(17)7-12(9)21-13/h3-4,6-8H,2,5H2,1H3. The molecular weight excluding hydrogens is 311 g/mol. The molecule has 108 valence electrons. The molecule has 0 aliphatic heterocycles. The van der Waals surface area contributed by atoms with E-state index in [-0.39, 0.29) is 11.6 Å². The lowest BCUT2D eigenvalue weighted by Crippen LogP contribution is -2.10. The average molecular weight is 323 g/mol. The third-order valence-electron chi connectivity index (χ3n) is 3.15. The molecule has 1 aromatic carbocycles. The molecule has 0 bridgehead atoms. The molecule has 21 heavy (non-hydrogen) atoms. The van der Waals surface area contributed by atoms with Gasteiger partial charge in [-0.2, -0.15) is 5.10 Å². The highest BCUT2D eigenvalue weighted by molar-refractivity contribution is 7.21. The SMILES string of the molecule is CCCn1ncc(Cl)c1C(=O)c1cc2ccc(F)cc2s1. The Kier molecular flexibility index (Phi) is 3.78. The van der Waals surface area contributed by atoms with E-state index in [1.165, 1.54) is 29.7 Å². The molecule has 6 heteroatoms. The van der Waals surface area contributed by atoms with Crippen LogP contribution in [0, 0.1) is 5.82 Å². The molecule has 0 atom stereocenters. The topological polar surface area (TPSA) is 34.9 Å². The van der Waals surface area contributed by atoms with Gasteiger partial charge in [0, 0.05) is 11.2 Å². The van der Waals surface area contributed by atoms with Crippen LogP contribution in [-0.4, -0.2) is 15.6 Å². The minimum atomic E-state index is -0.308. The summed E-state index contributed by atoms with van der Waals surface area (Å²) in [7, 11) is 0. The first kappa shape index (κ1) is 14.2. The predicted molar refractivity (Wildman–Crippen MR) is 82.7 cm³/mol. The molecule has 0 spiro atoms. The van der Waals surface area contributed by atoms with E-state index in [1.54, 1.807) is 16.8 Å². The summed E-state index contributed by atoms with van der Waals surface area (Å²) in [4.78, 5) is 13.2. The molecule has 0 aliphatic rings. The smallest absolute Gasteiger partial charge is 0.222 e. The third kappa shape index (κ3) is 2.59. The first-order valence-corrected chi connectivity index (χ1v) is 7.74. The van der Waals surface area contributed by atoms with Crippen molar-refractivity contribution in [1.82, 2.24) is 9.78 Å². The number of carbonyl (C=O) groups is 1. The maximum atomic E-state index is 13.2. The Morgan fingerprint density at radius 2 is 2.24 bits per heavy atom. The summed E-state index contributed by atoms with van der Waals surface area (Å²) in [5.41, 5.74) is 0.394. The van der Waals surface area contributed by atoms with E-state index in [1.807, 2.05) is 6.92 Å².